The number of carbonyl (C=O) groups excluding carboxylic acids is 2. The van der Waals surface area contributed by atoms with Crippen molar-refractivity contribution in [1.29, 1.82) is 0 Å². The Morgan fingerprint density at radius 1 is 1.22 bits per heavy atom. The number of carbonyl (C=O) groups is 2. The molecule has 0 fully saturated rings. The lowest BCUT2D eigenvalue weighted by Gasteiger charge is -2.32. The number of halogens is 1. The average Bonchev–Trinajstić information content (AvgIpc) is 3.03. The number of phenolic OH excluding ortho intramolecular Hbond substituents is 1. The number of ether oxygens (including phenoxy) is 2. The van der Waals surface area contributed by atoms with Gasteiger partial charge in [-0.2, -0.15) is 0 Å². The Hall–Kier alpha value is -3.35. The summed E-state index contributed by atoms with van der Waals surface area (Å²) in [5.74, 6) is -1.56. The topological polar surface area (TPSA) is 76.1 Å². The molecule has 4 rings (SSSR count). The lowest BCUT2D eigenvalue weighted by molar-refractivity contribution is -0.136. The van der Waals surface area contributed by atoms with Crippen LogP contribution in [0.5, 0.6) is 11.5 Å². The number of anilines is 1. The first-order valence-corrected chi connectivity index (χ1v) is 8.35. The van der Waals surface area contributed by atoms with E-state index in [1.807, 2.05) is 0 Å². The summed E-state index contributed by atoms with van der Waals surface area (Å²) < 4.78 is 23.9. The van der Waals surface area contributed by atoms with Crippen LogP contribution in [0.4, 0.5) is 10.1 Å². The number of hydrogen-bond acceptors (Lipinski definition) is 5. The number of methoxy groups -OCH3 is 1. The molecule has 0 saturated heterocycles. The van der Waals surface area contributed by atoms with Gasteiger partial charge in [-0.3, -0.25) is 9.69 Å². The van der Waals surface area contributed by atoms with Crippen molar-refractivity contribution in [3.05, 3.63) is 65.1 Å². The van der Waals surface area contributed by atoms with E-state index in [2.05, 4.69) is 0 Å². The number of amides is 1. The van der Waals surface area contributed by atoms with E-state index < -0.39 is 17.7 Å². The minimum atomic E-state index is -0.526. The van der Waals surface area contributed by atoms with Gasteiger partial charge >= 0.3 is 5.97 Å². The normalized spacial score (nSPS) is 19.2. The highest BCUT2D eigenvalue weighted by Crippen LogP contribution is 2.43. The monoisotopic (exact) mass is 369 g/mol. The molecule has 1 N–H and O–H groups in total. The molecule has 27 heavy (non-hydrogen) atoms. The lowest BCUT2D eigenvalue weighted by atomic mass is 9.84. The zero-order valence-electron chi connectivity index (χ0n) is 14.4. The van der Waals surface area contributed by atoms with Gasteiger partial charge in [0, 0.05) is 12.3 Å². The number of cyclic esters (lactones) is 1. The van der Waals surface area contributed by atoms with E-state index in [9.17, 15) is 19.1 Å². The van der Waals surface area contributed by atoms with E-state index in [4.69, 9.17) is 9.47 Å². The number of nitrogens with zero attached hydrogens (tertiary/aromatic N) is 1. The zero-order chi connectivity index (χ0) is 19.1. The largest absolute Gasteiger partial charge is 0.504 e. The van der Waals surface area contributed by atoms with Crippen LogP contribution in [0, 0.1) is 5.82 Å². The minimum Gasteiger partial charge on any atom is -0.504 e. The third-order valence-electron chi connectivity index (χ3n) is 4.79. The highest BCUT2D eigenvalue weighted by molar-refractivity contribution is 6.06. The van der Waals surface area contributed by atoms with E-state index in [-0.39, 0.29) is 30.4 Å². The summed E-state index contributed by atoms with van der Waals surface area (Å²) in [6.45, 7) is -0.0534. The quantitative estimate of drug-likeness (QED) is 0.842. The van der Waals surface area contributed by atoms with Gasteiger partial charge in [-0.05, 0) is 35.9 Å². The van der Waals surface area contributed by atoms with Gasteiger partial charge in [0.15, 0.2) is 11.5 Å². The van der Waals surface area contributed by atoms with Crippen LogP contribution in [0.3, 0.4) is 0 Å². The molecule has 1 amide bonds. The molecular weight excluding hydrogens is 353 g/mol. The maximum absolute atomic E-state index is 13.6. The number of phenols is 1. The molecule has 0 spiro atoms. The van der Waals surface area contributed by atoms with Crippen molar-refractivity contribution in [2.75, 3.05) is 18.6 Å². The first-order valence-electron chi connectivity index (χ1n) is 8.35. The second-order valence-electron chi connectivity index (χ2n) is 6.33. The van der Waals surface area contributed by atoms with Gasteiger partial charge in [0.25, 0.3) is 0 Å². The SMILES string of the molecule is COc1cc([C@@H]2CC(=O)N(c3cccc(F)c3)C3=C2C(=O)OC3)ccc1O. The van der Waals surface area contributed by atoms with E-state index in [1.54, 1.807) is 18.2 Å². The molecule has 0 bridgehead atoms. The molecule has 7 heteroatoms. The van der Waals surface area contributed by atoms with Crippen molar-refractivity contribution in [3.8, 4) is 11.5 Å². The van der Waals surface area contributed by atoms with E-state index in [0.717, 1.165) is 0 Å². The number of aromatic hydroxyl groups is 1. The van der Waals surface area contributed by atoms with Gasteiger partial charge in [0.2, 0.25) is 5.91 Å². The molecule has 138 valence electrons. The molecule has 2 aliphatic rings. The summed E-state index contributed by atoms with van der Waals surface area (Å²) in [5, 5.41) is 9.80. The maximum atomic E-state index is 13.6. The minimum absolute atomic E-state index is 0.0123. The molecule has 0 radical (unpaired) electrons. The highest BCUT2D eigenvalue weighted by atomic mass is 19.1. The molecule has 0 saturated carbocycles. The summed E-state index contributed by atoms with van der Waals surface area (Å²) in [7, 11) is 1.42. The second kappa shape index (κ2) is 6.42. The fourth-order valence-electron chi connectivity index (χ4n) is 3.56. The molecule has 6 nitrogen and oxygen atoms in total. The Kier molecular flexibility index (Phi) is 4.07. The summed E-state index contributed by atoms with van der Waals surface area (Å²) in [4.78, 5) is 26.6. The standard InChI is InChI=1S/C20H16FNO5/c1-26-17-7-11(5-6-16(17)23)14-9-18(24)22(13-4-2-3-12(21)8-13)15-10-27-20(25)19(14)15/h2-8,14,23H,9-10H2,1H3/t14-/m0/s1. The molecule has 0 aliphatic carbocycles. The summed E-state index contributed by atoms with van der Waals surface area (Å²) >= 11 is 0. The molecule has 2 aromatic rings. The van der Waals surface area contributed by atoms with Crippen LogP contribution in [-0.2, 0) is 14.3 Å². The fourth-order valence-corrected chi connectivity index (χ4v) is 3.56. The molecule has 1 atom stereocenters. The smallest absolute Gasteiger partial charge is 0.336 e. The van der Waals surface area contributed by atoms with Gasteiger partial charge in [-0.15, -0.1) is 0 Å². The second-order valence-corrected chi connectivity index (χ2v) is 6.33. The van der Waals surface area contributed by atoms with Crippen LogP contribution in [0.25, 0.3) is 0 Å². The Morgan fingerprint density at radius 3 is 2.78 bits per heavy atom. The van der Waals surface area contributed by atoms with Crippen molar-refractivity contribution in [2.45, 2.75) is 12.3 Å². The van der Waals surface area contributed by atoms with Crippen molar-refractivity contribution in [3.63, 3.8) is 0 Å². The van der Waals surface area contributed by atoms with Gasteiger partial charge in [-0.25, -0.2) is 9.18 Å². The Bertz CT molecular complexity index is 984. The van der Waals surface area contributed by atoms with Gasteiger partial charge < -0.3 is 14.6 Å². The van der Waals surface area contributed by atoms with Crippen molar-refractivity contribution < 1.29 is 28.6 Å². The van der Waals surface area contributed by atoms with Crippen LogP contribution in [0.15, 0.2) is 53.7 Å². The predicted molar refractivity (Wildman–Crippen MR) is 93.9 cm³/mol. The summed E-state index contributed by atoms with van der Waals surface area (Å²) in [6.07, 6.45) is 0.0123. The molecular formula is C20H16FNO5. The fraction of sp³-hybridized carbons (Fsp3) is 0.200. The molecule has 0 unspecified atom stereocenters. The van der Waals surface area contributed by atoms with Crippen LogP contribution in [0.2, 0.25) is 0 Å². The van der Waals surface area contributed by atoms with E-state index >= 15 is 0 Å². The van der Waals surface area contributed by atoms with Gasteiger partial charge in [-0.1, -0.05) is 12.1 Å². The number of benzene rings is 2. The molecule has 2 aliphatic heterocycles. The average molecular weight is 369 g/mol. The molecule has 0 aromatic heterocycles. The van der Waals surface area contributed by atoms with Crippen molar-refractivity contribution in [1.82, 2.24) is 0 Å². The van der Waals surface area contributed by atoms with Crippen molar-refractivity contribution >= 4 is 17.6 Å². The summed E-state index contributed by atoms with van der Waals surface area (Å²) in [6, 6.07) is 10.3. The Labute approximate surface area is 154 Å². The van der Waals surface area contributed by atoms with Gasteiger partial charge in [0.05, 0.1) is 24.1 Å². The third-order valence-corrected chi connectivity index (χ3v) is 4.79. The molecule has 2 heterocycles. The number of hydrogen-bond donors (Lipinski definition) is 1. The zero-order valence-corrected chi connectivity index (χ0v) is 14.4. The summed E-state index contributed by atoms with van der Waals surface area (Å²) in [5.41, 5.74) is 1.79. The Balaban J connectivity index is 1.83. The van der Waals surface area contributed by atoms with E-state index in [0.29, 0.717) is 22.5 Å². The highest BCUT2D eigenvalue weighted by Gasteiger charge is 2.43. The maximum Gasteiger partial charge on any atom is 0.336 e. The predicted octanol–water partition coefficient (Wildman–Crippen LogP) is 2.87. The van der Waals surface area contributed by atoms with Crippen molar-refractivity contribution in [2.24, 2.45) is 0 Å². The number of rotatable bonds is 3. The first-order chi connectivity index (χ1) is 13.0. The number of esters is 1. The Morgan fingerprint density at radius 2 is 2.04 bits per heavy atom. The van der Waals surface area contributed by atoms with Gasteiger partial charge in [0.1, 0.15) is 12.4 Å². The molecule has 2 aromatic carbocycles. The van der Waals surface area contributed by atoms with Crippen LogP contribution in [-0.4, -0.2) is 30.7 Å². The third kappa shape index (κ3) is 2.81. The lowest BCUT2D eigenvalue weighted by Crippen LogP contribution is -2.37. The van der Waals surface area contributed by atoms with Crippen LogP contribution >= 0.6 is 0 Å². The van der Waals surface area contributed by atoms with E-state index in [1.165, 1.54) is 36.3 Å². The van der Waals surface area contributed by atoms with Crippen LogP contribution in [0.1, 0.15) is 17.9 Å². The van der Waals surface area contributed by atoms with Crippen LogP contribution < -0.4 is 9.64 Å². The first kappa shape index (κ1) is 17.1.